The van der Waals surface area contributed by atoms with E-state index in [1.807, 2.05) is 13.0 Å². The van der Waals surface area contributed by atoms with Gasteiger partial charge in [0.15, 0.2) is 0 Å². The Hall–Kier alpha value is -0.880. The molecule has 1 aliphatic carbocycles. The van der Waals surface area contributed by atoms with Gasteiger partial charge in [0, 0.05) is 5.69 Å². The molecule has 17 heavy (non-hydrogen) atoms. The molecule has 0 aliphatic heterocycles. The fourth-order valence-corrected chi connectivity index (χ4v) is 3.91. The van der Waals surface area contributed by atoms with Gasteiger partial charge in [-0.15, -0.1) is 0 Å². The summed E-state index contributed by atoms with van der Waals surface area (Å²) in [4.78, 5) is 0. The number of nitrogens with one attached hydrogen (secondary N) is 2. The van der Waals surface area contributed by atoms with Crippen LogP contribution in [0.4, 0.5) is 0 Å². The predicted molar refractivity (Wildman–Crippen MR) is 65.9 cm³/mol. The molecule has 2 rings (SSSR count). The smallest absolute Gasteiger partial charge is 0.214 e. The zero-order chi connectivity index (χ0) is 12.5. The van der Waals surface area contributed by atoms with Gasteiger partial charge in [-0.1, -0.05) is 6.92 Å². The highest BCUT2D eigenvalue weighted by atomic mass is 32.2. The van der Waals surface area contributed by atoms with E-state index in [9.17, 15) is 8.42 Å². The predicted octanol–water partition coefficient (Wildman–Crippen LogP) is 1.33. The minimum Gasteiger partial charge on any atom is -0.283 e. The van der Waals surface area contributed by atoms with Gasteiger partial charge in [0.25, 0.3) is 0 Å². The van der Waals surface area contributed by atoms with Crippen molar-refractivity contribution in [3.63, 3.8) is 0 Å². The topological polar surface area (TPSA) is 74.8 Å². The molecule has 1 aromatic rings. The van der Waals surface area contributed by atoms with Crippen molar-refractivity contribution < 1.29 is 8.42 Å². The van der Waals surface area contributed by atoms with E-state index in [1.165, 1.54) is 0 Å². The molecule has 6 heteroatoms. The molecule has 1 fully saturated rings. The van der Waals surface area contributed by atoms with Crippen LogP contribution in [0.25, 0.3) is 0 Å². The summed E-state index contributed by atoms with van der Waals surface area (Å²) in [7, 11) is -3.19. The van der Waals surface area contributed by atoms with Gasteiger partial charge in [-0.2, -0.15) is 5.10 Å². The van der Waals surface area contributed by atoms with E-state index in [0.29, 0.717) is 5.92 Å². The van der Waals surface area contributed by atoms with Crippen LogP contribution in [0.1, 0.15) is 37.6 Å². The first-order valence-corrected chi connectivity index (χ1v) is 7.51. The fourth-order valence-electron chi connectivity index (χ4n) is 2.29. The summed E-state index contributed by atoms with van der Waals surface area (Å²) < 4.78 is 26.7. The van der Waals surface area contributed by atoms with Gasteiger partial charge < -0.3 is 0 Å². The first kappa shape index (κ1) is 12.6. The van der Waals surface area contributed by atoms with E-state index < -0.39 is 10.0 Å². The van der Waals surface area contributed by atoms with Crippen LogP contribution >= 0.6 is 0 Å². The van der Waals surface area contributed by atoms with Crippen LogP contribution in [-0.4, -0.2) is 23.9 Å². The summed E-state index contributed by atoms with van der Waals surface area (Å²) in [5, 5.41) is 6.58. The van der Waals surface area contributed by atoms with Crippen molar-refractivity contribution in [3.8, 4) is 0 Å². The maximum atomic E-state index is 12.0. The average Bonchev–Trinajstić information content (AvgIpc) is 2.85. The molecule has 0 radical (unpaired) electrons. The average molecular weight is 257 g/mol. The van der Waals surface area contributed by atoms with Crippen molar-refractivity contribution in [2.75, 3.05) is 0 Å². The van der Waals surface area contributed by atoms with Gasteiger partial charge in [-0.3, -0.25) is 5.10 Å². The van der Waals surface area contributed by atoms with Gasteiger partial charge in [-0.05, 0) is 38.2 Å². The number of aromatic nitrogens is 2. The number of hydrogen-bond acceptors (Lipinski definition) is 3. The minimum absolute atomic E-state index is 0.225. The van der Waals surface area contributed by atoms with Crippen LogP contribution in [0.5, 0.6) is 0 Å². The third-order valence-electron chi connectivity index (χ3n) is 3.30. The third-order valence-corrected chi connectivity index (χ3v) is 5.15. The van der Waals surface area contributed by atoms with E-state index >= 15 is 0 Å². The standard InChI is InChI=1S/C11H19N3O2S/c1-8-3-4-11(5-8)17(15,16)12-7-10-6-9(2)13-14-10/h6,8,11-12H,3-5,7H2,1-2H3,(H,13,14). The Morgan fingerprint density at radius 3 is 2.82 bits per heavy atom. The second-order valence-corrected chi connectivity index (χ2v) is 6.99. The van der Waals surface area contributed by atoms with Gasteiger partial charge in [-0.25, -0.2) is 13.1 Å². The van der Waals surface area contributed by atoms with Crippen molar-refractivity contribution >= 4 is 10.0 Å². The SMILES string of the molecule is Cc1cc(CNS(=O)(=O)C2CCC(C)C2)n[nH]1. The molecule has 0 saturated heterocycles. The van der Waals surface area contributed by atoms with Crippen molar-refractivity contribution in [3.05, 3.63) is 17.5 Å². The molecule has 0 amide bonds. The van der Waals surface area contributed by atoms with Crippen LogP contribution in [0.15, 0.2) is 6.07 Å². The second-order valence-electron chi connectivity index (χ2n) is 4.95. The van der Waals surface area contributed by atoms with E-state index in [-0.39, 0.29) is 11.8 Å². The van der Waals surface area contributed by atoms with Crippen LogP contribution in [0.3, 0.4) is 0 Å². The van der Waals surface area contributed by atoms with E-state index in [1.54, 1.807) is 0 Å². The monoisotopic (exact) mass is 257 g/mol. The van der Waals surface area contributed by atoms with E-state index in [4.69, 9.17) is 0 Å². The van der Waals surface area contributed by atoms with Crippen LogP contribution in [-0.2, 0) is 16.6 Å². The van der Waals surface area contributed by atoms with Crippen LogP contribution < -0.4 is 4.72 Å². The first-order chi connectivity index (χ1) is 7.97. The van der Waals surface area contributed by atoms with Gasteiger partial charge in [0.05, 0.1) is 17.5 Å². The maximum absolute atomic E-state index is 12.0. The number of sulfonamides is 1. The highest BCUT2D eigenvalue weighted by molar-refractivity contribution is 7.90. The molecule has 2 N–H and O–H groups in total. The first-order valence-electron chi connectivity index (χ1n) is 5.97. The second kappa shape index (κ2) is 4.78. The molecule has 5 nitrogen and oxygen atoms in total. The quantitative estimate of drug-likeness (QED) is 0.854. The van der Waals surface area contributed by atoms with Crippen LogP contribution in [0, 0.1) is 12.8 Å². The lowest BCUT2D eigenvalue weighted by Crippen LogP contribution is -2.32. The van der Waals surface area contributed by atoms with Gasteiger partial charge in [0.1, 0.15) is 0 Å². The summed E-state index contributed by atoms with van der Waals surface area (Å²) in [6.45, 7) is 4.27. The number of hydrogen-bond donors (Lipinski definition) is 2. The molecule has 0 spiro atoms. The fraction of sp³-hybridized carbons (Fsp3) is 0.727. The molecular formula is C11H19N3O2S. The van der Waals surface area contributed by atoms with Gasteiger partial charge in [0.2, 0.25) is 10.0 Å². The lowest BCUT2D eigenvalue weighted by Gasteiger charge is -2.11. The highest BCUT2D eigenvalue weighted by Crippen LogP contribution is 2.29. The molecule has 1 heterocycles. The molecule has 96 valence electrons. The largest absolute Gasteiger partial charge is 0.283 e. The van der Waals surface area contributed by atoms with Crippen LogP contribution in [0.2, 0.25) is 0 Å². The summed E-state index contributed by atoms with van der Waals surface area (Å²) in [5.41, 5.74) is 1.67. The Labute approximate surface area is 102 Å². The van der Waals surface area contributed by atoms with Crippen molar-refractivity contribution in [1.82, 2.24) is 14.9 Å². The maximum Gasteiger partial charge on any atom is 0.214 e. The number of aryl methyl sites for hydroxylation is 1. The Bertz CT molecular complexity index is 481. The molecule has 1 aromatic heterocycles. The van der Waals surface area contributed by atoms with Gasteiger partial charge >= 0.3 is 0 Å². The van der Waals surface area contributed by atoms with Crippen molar-refractivity contribution in [1.29, 1.82) is 0 Å². The zero-order valence-electron chi connectivity index (χ0n) is 10.2. The molecular weight excluding hydrogens is 238 g/mol. The van der Waals surface area contributed by atoms with E-state index in [0.717, 1.165) is 30.7 Å². The molecule has 2 atom stereocenters. The minimum atomic E-state index is -3.19. The summed E-state index contributed by atoms with van der Waals surface area (Å²) in [6, 6.07) is 1.85. The number of aromatic amines is 1. The van der Waals surface area contributed by atoms with Crippen molar-refractivity contribution in [2.45, 2.75) is 44.9 Å². The Kier molecular flexibility index (Phi) is 3.53. The highest BCUT2D eigenvalue weighted by Gasteiger charge is 2.32. The number of rotatable bonds is 4. The molecule has 2 unspecified atom stereocenters. The lowest BCUT2D eigenvalue weighted by molar-refractivity contribution is 0.557. The Morgan fingerprint density at radius 1 is 1.53 bits per heavy atom. The molecule has 0 aromatic carbocycles. The molecule has 1 saturated carbocycles. The van der Waals surface area contributed by atoms with Crippen molar-refractivity contribution in [2.24, 2.45) is 5.92 Å². The summed E-state index contributed by atoms with van der Waals surface area (Å²) in [6.07, 6.45) is 2.55. The zero-order valence-corrected chi connectivity index (χ0v) is 11.0. The molecule has 0 bridgehead atoms. The summed E-state index contributed by atoms with van der Waals surface area (Å²) in [5.74, 6) is 0.518. The van der Waals surface area contributed by atoms with E-state index in [2.05, 4.69) is 21.8 Å². The lowest BCUT2D eigenvalue weighted by atomic mass is 10.1. The third kappa shape index (κ3) is 3.07. The Balaban J connectivity index is 1.94. The summed E-state index contributed by atoms with van der Waals surface area (Å²) >= 11 is 0. The number of H-pyrrole nitrogens is 1. The molecule has 1 aliphatic rings. The number of nitrogens with zero attached hydrogens (tertiary/aromatic N) is 1. The normalized spacial score (nSPS) is 25.3. The Morgan fingerprint density at radius 2 is 2.29 bits per heavy atom.